The van der Waals surface area contributed by atoms with Gasteiger partial charge in [0.25, 0.3) is 0 Å². The lowest BCUT2D eigenvalue weighted by Crippen LogP contribution is -2.43. The molecule has 0 aliphatic carbocycles. The quantitative estimate of drug-likeness (QED) is 0.323. The number of nitrogens with zero attached hydrogens (tertiary/aromatic N) is 1. The molecule has 0 heterocycles. The average molecular weight is 242 g/mol. The SMILES string of the molecule is C=C[Si](C)(CCCNC#N)O[Si](C)(C)C. The maximum atomic E-state index is 8.35. The Morgan fingerprint density at radius 2 is 2.00 bits per heavy atom. The van der Waals surface area contributed by atoms with Crippen LogP contribution in [0.25, 0.3) is 0 Å². The highest BCUT2D eigenvalue weighted by Gasteiger charge is 2.30. The molecule has 0 aromatic heterocycles. The summed E-state index contributed by atoms with van der Waals surface area (Å²) in [6.07, 6.45) is 2.91. The van der Waals surface area contributed by atoms with Crippen LogP contribution in [0.4, 0.5) is 0 Å². The summed E-state index contributed by atoms with van der Waals surface area (Å²) < 4.78 is 6.20. The molecule has 0 aliphatic heterocycles. The fourth-order valence-electron chi connectivity index (χ4n) is 1.48. The monoisotopic (exact) mass is 242 g/mol. The molecule has 86 valence electrons. The molecule has 0 aromatic carbocycles. The zero-order valence-electron chi connectivity index (χ0n) is 10.3. The smallest absolute Gasteiger partial charge is 0.201 e. The van der Waals surface area contributed by atoms with Crippen molar-refractivity contribution in [3.63, 3.8) is 0 Å². The van der Waals surface area contributed by atoms with E-state index in [1.165, 1.54) is 0 Å². The predicted octanol–water partition coefficient (Wildman–Crippen LogP) is 2.60. The van der Waals surface area contributed by atoms with Crippen LogP contribution in [0.1, 0.15) is 6.42 Å². The van der Waals surface area contributed by atoms with Crippen LogP contribution in [0.15, 0.2) is 12.3 Å². The summed E-state index contributed by atoms with van der Waals surface area (Å²) >= 11 is 0. The zero-order chi connectivity index (χ0) is 11.9. The van der Waals surface area contributed by atoms with Gasteiger partial charge in [0.05, 0.1) is 0 Å². The van der Waals surface area contributed by atoms with E-state index in [4.69, 9.17) is 9.38 Å². The van der Waals surface area contributed by atoms with Crippen molar-refractivity contribution in [3.05, 3.63) is 12.3 Å². The lowest BCUT2D eigenvalue weighted by molar-refractivity contribution is 0.549. The second-order valence-electron chi connectivity index (χ2n) is 4.87. The zero-order valence-corrected chi connectivity index (χ0v) is 12.3. The maximum absolute atomic E-state index is 8.35. The van der Waals surface area contributed by atoms with Crippen LogP contribution < -0.4 is 5.32 Å². The van der Waals surface area contributed by atoms with Crippen LogP contribution in [-0.2, 0) is 4.12 Å². The van der Waals surface area contributed by atoms with Crippen molar-refractivity contribution in [2.45, 2.75) is 38.7 Å². The number of nitrogens with one attached hydrogen (secondary N) is 1. The summed E-state index contributed by atoms with van der Waals surface area (Å²) in [6, 6.07) is 1.04. The molecule has 3 nitrogen and oxygen atoms in total. The van der Waals surface area contributed by atoms with Crippen molar-refractivity contribution in [3.8, 4) is 6.19 Å². The van der Waals surface area contributed by atoms with Gasteiger partial charge in [0.2, 0.25) is 8.32 Å². The third-order valence-corrected chi connectivity index (χ3v) is 8.55. The average Bonchev–Trinajstić information content (AvgIpc) is 2.10. The van der Waals surface area contributed by atoms with E-state index in [1.54, 1.807) is 0 Å². The Hall–Kier alpha value is -0.576. The third kappa shape index (κ3) is 7.36. The van der Waals surface area contributed by atoms with Crippen molar-refractivity contribution in [2.24, 2.45) is 0 Å². The summed E-state index contributed by atoms with van der Waals surface area (Å²) in [7, 11) is -3.21. The molecular weight excluding hydrogens is 220 g/mol. The summed E-state index contributed by atoms with van der Waals surface area (Å²) in [5.41, 5.74) is 2.01. The molecule has 0 saturated heterocycles. The molecule has 0 aromatic rings. The summed E-state index contributed by atoms with van der Waals surface area (Å²) in [5, 5.41) is 11.0. The Kier molecular flexibility index (Phi) is 5.87. The Balaban J connectivity index is 4.09. The van der Waals surface area contributed by atoms with Crippen LogP contribution in [0.2, 0.25) is 32.2 Å². The van der Waals surface area contributed by atoms with Gasteiger partial charge in [0.15, 0.2) is 14.5 Å². The van der Waals surface area contributed by atoms with Gasteiger partial charge in [0, 0.05) is 6.54 Å². The Labute approximate surface area is 95.4 Å². The van der Waals surface area contributed by atoms with Gasteiger partial charge in [-0.1, -0.05) is 5.70 Å². The Morgan fingerprint density at radius 3 is 2.40 bits per heavy atom. The number of rotatable bonds is 7. The first-order valence-electron chi connectivity index (χ1n) is 5.29. The molecule has 15 heavy (non-hydrogen) atoms. The lowest BCUT2D eigenvalue weighted by atomic mass is 10.5. The van der Waals surface area contributed by atoms with Crippen LogP contribution in [0.3, 0.4) is 0 Å². The molecular formula is C10H22N2OSi2. The Bertz CT molecular complexity index is 245. The van der Waals surface area contributed by atoms with Gasteiger partial charge in [0.1, 0.15) is 0 Å². The van der Waals surface area contributed by atoms with E-state index in [1.807, 2.05) is 11.9 Å². The maximum Gasteiger partial charge on any atom is 0.201 e. The van der Waals surface area contributed by atoms with E-state index < -0.39 is 16.6 Å². The molecule has 0 radical (unpaired) electrons. The van der Waals surface area contributed by atoms with Gasteiger partial charge in [-0.05, 0) is 38.7 Å². The van der Waals surface area contributed by atoms with E-state index in [9.17, 15) is 0 Å². The minimum Gasteiger partial charge on any atom is -0.453 e. The summed E-state index contributed by atoms with van der Waals surface area (Å²) in [4.78, 5) is 0. The van der Waals surface area contributed by atoms with Crippen LogP contribution in [0.5, 0.6) is 0 Å². The molecule has 5 heteroatoms. The van der Waals surface area contributed by atoms with Crippen molar-refractivity contribution >= 4 is 16.6 Å². The Morgan fingerprint density at radius 1 is 1.40 bits per heavy atom. The third-order valence-electron chi connectivity index (χ3n) is 2.03. The van der Waals surface area contributed by atoms with E-state index >= 15 is 0 Å². The van der Waals surface area contributed by atoms with Gasteiger partial charge in [-0.2, -0.15) is 5.26 Å². The standard InChI is InChI=1S/C10H22N2OSi2/c1-6-15(5,13-14(2,3)4)9-7-8-12-10-11/h6,12H,1,7-9H2,2-5H3. The molecule has 0 fully saturated rings. The second-order valence-corrected chi connectivity index (χ2v) is 13.4. The largest absolute Gasteiger partial charge is 0.453 e. The number of hydrogen-bond donors (Lipinski definition) is 1. The molecule has 0 spiro atoms. The first kappa shape index (κ1) is 14.4. The van der Waals surface area contributed by atoms with E-state index in [0.717, 1.165) is 19.0 Å². The second kappa shape index (κ2) is 6.10. The van der Waals surface area contributed by atoms with E-state index in [0.29, 0.717) is 0 Å². The van der Waals surface area contributed by atoms with Gasteiger partial charge in [-0.3, -0.25) is 0 Å². The molecule has 1 N–H and O–H groups in total. The van der Waals surface area contributed by atoms with Crippen LogP contribution >= 0.6 is 0 Å². The highest BCUT2D eigenvalue weighted by atomic mass is 28.4. The van der Waals surface area contributed by atoms with E-state index in [-0.39, 0.29) is 0 Å². The molecule has 0 amide bonds. The number of nitriles is 1. The van der Waals surface area contributed by atoms with Gasteiger partial charge in [-0.15, -0.1) is 6.58 Å². The molecule has 0 rings (SSSR count). The highest BCUT2D eigenvalue weighted by molar-refractivity contribution is 6.87. The summed E-state index contributed by atoms with van der Waals surface area (Å²) in [5.74, 6) is 0. The highest BCUT2D eigenvalue weighted by Crippen LogP contribution is 2.20. The topological polar surface area (TPSA) is 45.0 Å². The first-order valence-corrected chi connectivity index (χ1v) is 11.4. The lowest BCUT2D eigenvalue weighted by Gasteiger charge is -2.32. The minimum atomic E-state index is -1.73. The molecule has 1 unspecified atom stereocenters. The first-order chi connectivity index (χ1) is 6.83. The van der Waals surface area contributed by atoms with Gasteiger partial charge in [-0.25, -0.2) is 0 Å². The molecule has 0 aliphatic rings. The molecule has 1 atom stereocenters. The predicted molar refractivity (Wildman–Crippen MR) is 69.3 cm³/mol. The minimum absolute atomic E-state index is 0.738. The van der Waals surface area contributed by atoms with Crippen molar-refractivity contribution in [1.82, 2.24) is 5.32 Å². The summed E-state index contributed by atoms with van der Waals surface area (Å²) in [6.45, 7) is 13.4. The fraction of sp³-hybridized carbons (Fsp3) is 0.700. The van der Waals surface area contributed by atoms with Gasteiger partial charge < -0.3 is 9.43 Å². The van der Waals surface area contributed by atoms with E-state index in [2.05, 4.69) is 38.1 Å². The normalized spacial score (nSPS) is 15.1. The molecule has 0 saturated carbocycles. The van der Waals surface area contributed by atoms with Crippen molar-refractivity contribution in [2.75, 3.05) is 6.54 Å². The van der Waals surface area contributed by atoms with Crippen molar-refractivity contribution < 1.29 is 4.12 Å². The van der Waals surface area contributed by atoms with Crippen LogP contribution in [0, 0.1) is 11.5 Å². The van der Waals surface area contributed by atoms with Gasteiger partial charge >= 0.3 is 0 Å². The number of hydrogen-bond acceptors (Lipinski definition) is 3. The van der Waals surface area contributed by atoms with Crippen molar-refractivity contribution in [1.29, 1.82) is 5.26 Å². The molecule has 0 bridgehead atoms. The fourth-order valence-corrected chi connectivity index (χ4v) is 8.90. The van der Waals surface area contributed by atoms with Crippen LogP contribution in [-0.4, -0.2) is 23.2 Å².